The van der Waals surface area contributed by atoms with E-state index in [1.54, 1.807) is 23.0 Å². The van der Waals surface area contributed by atoms with Crippen molar-refractivity contribution in [3.63, 3.8) is 0 Å². The summed E-state index contributed by atoms with van der Waals surface area (Å²) in [5, 5.41) is 2.88. The second-order valence-electron chi connectivity index (χ2n) is 5.15. The zero-order valence-corrected chi connectivity index (χ0v) is 10.9. The van der Waals surface area contributed by atoms with Crippen molar-refractivity contribution in [2.45, 2.75) is 46.2 Å². The van der Waals surface area contributed by atoms with Gasteiger partial charge in [-0.2, -0.15) is 0 Å². The number of Topliss-reactive ketones (excluding diaryl/α,β-unsaturated/α-hetero) is 1. The molecule has 0 unspecified atom stereocenters. The van der Waals surface area contributed by atoms with Crippen molar-refractivity contribution in [3.8, 4) is 0 Å². The minimum absolute atomic E-state index is 0.0522. The van der Waals surface area contributed by atoms with Crippen LogP contribution in [0.5, 0.6) is 0 Å². The maximum Gasteiger partial charge on any atom is 0.240 e. The van der Waals surface area contributed by atoms with Crippen LogP contribution < -0.4 is 5.32 Å². The van der Waals surface area contributed by atoms with E-state index in [2.05, 4.69) is 5.32 Å². The van der Waals surface area contributed by atoms with Crippen LogP contribution in [0.15, 0.2) is 18.5 Å². The molecule has 0 atom stereocenters. The first-order chi connectivity index (χ1) is 7.81. The lowest BCUT2D eigenvalue weighted by molar-refractivity contribution is -0.123. The standard InChI is InChI=1S/C13H20N2O2/c1-5-11(16)10-6-7-15(8-10)9-12(17)14-13(2,3)4/h6-8H,5,9H2,1-4H3,(H,14,17). The van der Waals surface area contributed by atoms with Crippen molar-refractivity contribution in [2.24, 2.45) is 0 Å². The average Bonchev–Trinajstić information content (AvgIpc) is 2.62. The minimum atomic E-state index is -0.230. The molecule has 0 aromatic carbocycles. The molecule has 0 radical (unpaired) electrons. The number of nitrogens with zero attached hydrogens (tertiary/aromatic N) is 1. The number of hydrogen-bond acceptors (Lipinski definition) is 2. The molecule has 1 N–H and O–H groups in total. The van der Waals surface area contributed by atoms with Crippen molar-refractivity contribution < 1.29 is 9.59 Å². The van der Waals surface area contributed by atoms with Gasteiger partial charge in [0.05, 0.1) is 0 Å². The average molecular weight is 236 g/mol. The summed E-state index contributed by atoms with van der Waals surface area (Å²) >= 11 is 0. The predicted molar refractivity (Wildman–Crippen MR) is 66.9 cm³/mol. The third-order valence-corrected chi connectivity index (χ3v) is 2.23. The summed E-state index contributed by atoms with van der Waals surface area (Å²) in [4.78, 5) is 23.1. The minimum Gasteiger partial charge on any atom is -0.350 e. The van der Waals surface area contributed by atoms with Gasteiger partial charge in [-0.15, -0.1) is 0 Å². The molecule has 1 heterocycles. The van der Waals surface area contributed by atoms with E-state index in [0.717, 1.165) is 0 Å². The molecule has 0 fully saturated rings. The number of carbonyl (C=O) groups excluding carboxylic acids is 2. The fourth-order valence-corrected chi connectivity index (χ4v) is 1.53. The van der Waals surface area contributed by atoms with Gasteiger partial charge in [0, 0.05) is 29.9 Å². The summed E-state index contributed by atoms with van der Waals surface area (Å²) in [5.74, 6) is 0.0450. The Labute approximate surface area is 102 Å². The highest BCUT2D eigenvalue weighted by molar-refractivity contribution is 5.95. The Kier molecular flexibility index (Phi) is 4.10. The molecule has 1 aromatic heterocycles. The summed E-state index contributed by atoms with van der Waals surface area (Å²) in [6.45, 7) is 7.88. The first kappa shape index (κ1) is 13.5. The van der Waals surface area contributed by atoms with Crippen LogP contribution in [0.25, 0.3) is 0 Å². The zero-order chi connectivity index (χ0) is 13.1. The first-order valence-electron chi connectivity index (χ1n) is 5.82. The molecule has 0 aliphatic rings. The summed E-state index contributed by atoms with van der Waals surface area (Å²) < 4.78 is 1.73. The van der Waals surface area contributed by atoms with Crippen LogP contribution >= 0.6 is 0 Å². The molecular formula is C13H20N2O2. The molecule has 0 aliphatic heterocycles. The monoisotopic (exact) mass is 236 g/mol. The molecule has 0 saturated carbocycles. The normalized spacial score (nSPS) is 11.3. The molecule has 94 valence electrons. The highest BCUT2D eigenvalue weighted by Crippen LogP contribution is 2.05. The lowest BCUT2D eigenvalue weighted by Crippen LogP contribution is -2.42. The molecule has 0 aliphatic carbocycles. The topological polar surface area (TPSA) is 51.1 Å². The van der Waals surface area contributed by atoms with Gasteiger partial charge in [0.25, 0.3) is 0 Å². The van der Waals surface area contributed by atoms with Crippen LogP contribution in [0, 0.1) is 0 Å². The summed E-state index contributed by atoms with van der Waals surface area (Å²) in [5.41, 5.74) is 0.433. The molecule has 0 bridgehead atoms. The SMILES string of the molecule is CCC(=O)c1ccn(CC(=O)NC(C)(C)C)c1. The quantitative estimate of drug-likeness (QED) is 0.813. The maximum atomic E-state index is 11.7. The van der Waals surface area contributed by atoms with Gasteiger partial charge in [-0.1, -0.05) is 6.92 Å². The number of hydrogen-bond donors (Lipinski definition) is 1. The van der Waals surface area contributed by atoms with E-state index in [-0.39, 0.29) is 23.8 Å². The van der Waals surface area contributed by atoms with Gasteiger partial charge in [-0.25, -0.2) is 0 Å². The van der Waals surface area contributed by atoms with Crippen molar-refractivity contribution in [2.75, 3.05) is 0 Å². The van der Waals surface area contributed by atoms with E-state index in [4.69, 9.17) is 0 Å². The molecular weight excluding hydrogens is 216 g/mol. The Morgan fingerprint density at radius 1 is 1.35 bits per heavy atom. The van der Waals surface area contributed by atoms with Gasteiger partial charge in [0.2, 0.25) is 5.91 Å². The molecule has 1 aromatic rings. The highest BCUT2D eigenvalue weighted by Gasteiger charge is 2.14. The fourth-order valence-electron chi connectivity index (χ4n) is 1.53. The molecule has 4 heteroatoms. The van der Waals surface area contributed by atoms with Crippen molar-refractivity contribution in [3.05, 3.63) is 24.0 Å². The van der Waals surface area contributed by atoms with Gasteiger partial charge in [-0.05, 0) is 26.8 Å². The second kappa shape index (κ2) is 5.17. The number of rotatable bonds is 4. The van der Waals surface area contributed by atoms with E-state index < -0.39 is 0 Å². The van der Waals surface area contributed by atoms with Crippen LogP contribution in [-0.4, -0.2) is 21.8 Å². The highest BCUT2D eigenvalue weighted by atomic mass is 16.2. The molecule has 0 saturated heterocycles. The molecule has 1 rings (SSSR count). The number of carbonyl (C=O) groups is 2. The Balaban J connectivity index is 2.61. The molecule has 17 heavy (non-hydrogen) atoms. The van der Waals surface area contributed by atoms with Crippen molar-refractivity contribution in [1.82, 2.24) is 9.88 Å². The fraction of sp³-hybridized carbons (Fsp3) is 0.538. The van der Waals surface area contributed by atoms with E-state index in [1.807, 2.05) is 27.7 Å². The number of amides is 1. The lowest BCUT2D eigenvalue weighted by atomic mass is 10.1. The van der Waals surface area contributed by atoms with Crippen LogP contribution in [0.1, 0.15) is 44.5 Å². The van der Waals surface area contributed by atoms with Crippen LogP contribution in [0.2, 0.25) is 0 Å². The van der Waals surface area contributed by atoms with Crippen LogP contribution in [-0.2, 0) is 11.3 Å². The predicted octanol–water partition coefficient (Wildman–Crippen LogP) is 2.00. The summed E-state index contributed by atoms with van der Waals surface area (Å²) in [6.07, 6.45) is 3.96. The number of aromatic nitrogens is 1. The first-order valence-corrected chi connectivity index (χ1v) is 5.82. The lowest BCUT2D eigenvalue weighted by Gasteiger charge is -2.20. The van der Waals surface area contributed by atoms with Crippen molar-refractivity contribution in [1.29, 1.82) is 0 Å². The smallest absolute Gasteiger partial charge is 0.240 e. The molecule has 1 amide bonds. The second-order valence-corrected chi connectivity index (χ2v) is 5.15. The Morgan fingerprint density at radius 3 is 2.53 bits per heavy atom. The summed E-state index contributed by atoms with van der Waals surface area (Å²) in [6, 6.07) is 1.75. The maximum absolute atomic E-state index is 11.7. The third-order valence-electron chi connectivity index (χ3n) is 2.23. The van der Waals surface area contributed by atoms with E-state index in [1.165, 1.54) is 0 Å². The van der Waals surface area contributed by atoms with Crippen LogP contribution in [0.4, 0.5) is 0 Å². The molecule has 0 spiro atoms. The van der Waals surface area contributed by atoms with Gasteiger partial charge >= 0.3 is 0 Å². The van der Waals surface area contributed by atoms with E-state index in [0.29, 0.717) is 12.0 Å². The Bertz CT molecular complexity index is 413. The van der Waals surface area contributed by atoms with Gasteiger partial charge in [-0.3, -0.25) is 9.59 Å². The third kappa shape index (κ3) is 4.43. The van der Waals surface area contributed by atoms with E-state index in [9.17, 15) is 9.59 Å². The number of ketones is 1. The molecule has 4 nitrogen and oxygen atoms in total. The zero-order valence-electron chi connectivity index (χ0n) is 10.9. The van der Waals surface area contributed by atoms with Gasteiger partial charge in [0.15, 0.2) is 5.78 Å². The number of nitrogens with one attached hydrogen (secondary N) is 1. The van der Waals surface area contributed by atoms with Crippen molar-refractivity contribution >= 4 is 11.7 Å². The largest absolute Gasteiger partial charge is 0.350 e. The summed E-state index contributed by atoms with van der Waals surface area (Å²) in [7, 11) is 0. The van der Waals surface area contributed by atoms with E-state index >= 15 is 0 Å². The van der Waals surface area contributed by atoms with Crippen LogP contribution in [0.3, 0.4) is 0 Å². The Morgan fingerprint density at radius 2 is 2.00 bits per heavy atom. The van der Waals surface area contributed by atoms with Gasteiger partial charge in [0.1, 0.15) is 6.54 Å². The Hall–Kier alpha value is -1.58. The van der Waals surface area contributed by atoms with Gasteiger partial charge < -0.3 is 9.88 Å².